The number of nitrogens with one attached hydrogen (secondary N) is 2. The fourth-order valence-electron chi connectivity index (χ4n) is 4.41. The number of amides is 1. The maximum atomic E-state index is 13.1. The number of carbonyl (C=O) groups excluding carboxylic acids is 1. The minimum absolute atomic E-state index is 0.00829. The lowest BCUT2D eigenvalue weighted by molar-refractivity contribution is 0.0950. The molecule has 3 aromatic rings. The van der Waals surface area contributed by atoms with Crippen molar-refractivity contribution >= 4 is 16.7 Å². The average molecular weight is 425 g/mol. The fraction of sp³-hybridized carbons (Fsp3) is 0.345. The van der Waals surface area contributed by atoms with E-state index in [0.717, 1.165) is 59.0 Å². The summed E-state index contributed by atoms with van der Waals surface area (Å²) in [5.41, 5.74) is 5.22. The normalized spacial score (nSPS) is 14.2. The monoisotopic (exact) mass is 424 g/mol. The molecule has 1 amide bonds. The van der Waals surface area contributed by atoms with Crippen molar-refractivity contribution in [1.82, 2.24) is 10.6 Å². The van der Waals surface area contributed by atoms with Gasteiger partial charge in [-0.3, -0.25) is 4.79 Å². The quantitative estimate of drug-likeness (QED) is 0.539. The molecule has 0 saturated carbocycles. The molecule has 1 aliphatic heterocycles. The third kappa shape index (κ3) is 5.03. The summed E-state index contributed by atoms with van der Waals surface area (Å²) >= 11 is 0. The van der Waals surface area contributed by atoms with Crippen LogP contribution in [0.1, 0.15) is 65.2 Å². The molecule has 164 valence electrons. The van der Waals surface area contributed by atoms with Crippen LogP contribution in [0.4, 0.5) is 0 Å². The summed E-state index contributed by atoms with van der Waals surface area (Å²) in [6.45, 7) is 8.80. The van der Waals surface area contributed by atoms with Gasteiger partial charge in [0.1, 0.15) is 0 Å². The van der Waals surface area contributed by atoms with Crippen LogP contribution in [-0.4, -0.2) is 19.0 Å². The standard InChI is InChI=1S/C29H32N2O/c1-20(2)8-10-23-12-13-25(27-7-5-4-6-26(23)27)19-31-29(32)28-18-24(11-9-21(28)3)22-14-16-30-17-15-22/h4-7,9,11-13,18,20,22,30H,14-17,19H2,1-3H3,(H,31,32). The second kappa shape index (κ2) is 10.0. The highest BCUT2D eigenvalue weighted by molar-refractivity contribution is 5.96. The van der Waals surface area contributed by atoms with Gasteiger partial charge in [-0.25, -0.2) is 0 Å². The van der Waals surface area contributed by atoms with Crippen LogP contribution in [0.15, 0.2) is 54.6 Å². The lowest BCUT2D eigenvalue weighted by atomic mass is 9.88. The van der Waals surface area contributed by atoms with Crippen molar-refractivity contribution in [3.05, 3.63) is 82.4 Å². The molecule has 1 aliphatic rings. The molecule has 2 N–H and O–H groups in total. The fourth-order valence-corrected chi connectivity index (χ4v) is 4.41. The largest absolute Gasteiger partial charge is 0.348 e. The molecule has 0 atom stereocenters. The highest BCUT2D eigenvalue weighted by Crippen LogP contribution is 2.27. The Hall–Kier alpha value is -3.09. The van der Waals surface area contributed by atoms with Crippen molar-refractivity contribution in [3.8, 4) is 11.8 Å². The Morgan fingerprint density at radius 2 is 1.81 bits per heavy atom. The first-order valence-corrected chi connectivity index (χ1v) is 11.6. The van der Waals surface area contributed by atoms with E-state index >= 15 is 0 Å². The SMILES string of the molecule is Cc1ccc(C2CCNCC2)cc1C(=O)NCc1ccc(C#CC(C)C)c2ccccc12. The Morgan fingerprint density at radius 3 is 2.56 bits per heavy atom. The molecule has 1 fully saturated rings. The van der Waals surface area contributed by atoms with E-state index in [0.29, 0.717) is 18.4 Å². The highest BCUT2D eigenvalue weighted by Gasteiger charge is 2.18. The summed E-state index contributed by atoms with van der Waals surface area (Å²) in [5.74, 6) is 7.42. The van der Waals surface area contributed by atoms with Gasteiger partial charge in [-0.05, 0) is 78.4 Å². The van der Waals surface area contributed by atoms with E-state index in [2.05, 4.69) is 78.8 Å². The number of aryl methyl sites for hydroxylation is 1. The molecule has 4 rings (SSSR count). The van der Waals surface area contributed by atoms with Crippen molar-refractivity contribution in [1.29, 1.82) is 0 Å². The summed E-state index contributed by atoms with van der Waals surface area (Å²) in [5, 5.41) is 8.85. The molecule has 0 aliphatic carbocycles. The van der Waals surface area contributed by atoms with E-state index in [1.54, 1.807) is 0 Å². The molecule has 3 heteroatoms. The number of fused-ring (bicyclic) bond motifs is 1. The molecule has 0 aromatic heterocycles. The molecule has 3 aromatic carbocycles. The Morgan fingerprint density at radius 1 is 1.06 bits per heavy atom. The summed E-state index contributed by atoms with van der Waals surface area (Å²) in [6.07, 6.45) is 2.25. The van der Waals surface area contributed by atoms with E-state index in [4.69, 9.17) is 0 Å². The number of benzene rings is 3. The number of hydrogen-bond donors (Lipinski definition) is 2. The van der Waals surface area contributed by atoms with Gasteiger partial charge in [0.2, 0.25) is 0 Å². The molecule has 32 heavy (non-hydrogen) atoms. The van der Waals surface area contributed by atoms with Crippen LogP contribution >= 0.6 is 0 Å². The molecule has 0 spiro atoms. The van der Waals surface area contributed by atoms with E-state index in [1.165, 1.54) is 5.56 Å². The summed E-state index contributed by atoms with van der Waals surface area (Å²) in [7, 11) is 0. The smallest absolute Gasteiger partial charge is 0.251 e. The van der Waals surface area contributed by atoms with E-state index in [1.807, 2.05) is 19.1 Å². The first-order chi connectivity index (χ1) is 15.5. The average Bonchev–Trinajstić information content (AvgIpc) is 2.82. The van der Waals surface area contributed by atoms with Crippen molar-refractivity contribution in [2.75, 3.05) is 13.1 Å². The summed E-state index contributed by atoms with van der Waals surface area (Å²) in [4.78, 5) is 13.1. The Balaban J connectivity index is 1.55. The van der Waals surface area contributed by atoms with E-state index in [9.17, 15) is 4.79 Å². The Labute approximate surface area is 191 Å². The van der Waals surface area contributed by atoms with E-state index in [-0.39, 0.29) is 5.91 Å². The molecule has 1 heterocycles. The van der Waals surface area contributed by atoms with Crippen LogP contribution < -0.4 is 10.6 Å². The minimum Gasteiger partial charge on any atom is -0.348 e. The maximum absolute atomic E-state index is 13.1. The van der Waals surface area contributed by atoms with Gasteiger partial charge < -0.3 is 10.6 Å². The second-order valence-electron chi connectivity index (χ2n) is 9.02. The van der Waals surface area contributed by atoms with Gasteiger partial charge in [-0.15, -0.1) is 0 Å². The van der Waals surface area contributed by atoms with Gasteiger partial charge in [-0.1, -0.05) is 68.2 Å². The first kappa shape index (κ1) is 22.1. The predicted molar refractivity (Wildman–Crippen MR) is 133 cm³/mol. The lowest BCUT2D eigenvalue weighted by Gasteiger charge is -2.23. The third-order valence-electron chi connectivity index (χ3n) is 6.27. The molecule has 0 radical (unpaired) electrons. The molecule has 0 bridgehead atoms. The predicted octanol–water partition coefficient (Wildman–Crippen LogP) is 5.55. The third-order valence-corrected chi connectivity index (χ3v) is 6.27. The van der Waals surface area contributed by atoms with Crippen LogP contribution in [0.2, 0.25) is 0 Å². The number of hydrogen-bond acceptors (Lipinski definition) is 2. The minimum atomic E-state index is -0.00829. The zero-order valence-electron chi connectivity index (χ0n) is 19.3. The highest BCUT2D eigenvalue weighted by atomic mass is 16.1. The van der Waals surface area contributed by atoms with Crippen molar-refractivity contribution < 1.29 is 4.79 Å². The number of carbonyl (C=O) groups is 1. The molecular weight excluding hydrogens is 392 g/mol. The summed E-state index contributed by atoms with van der Waals surface area (Å²) in [6, 6.07) is 18.8. The number of rotatable bonds is 4. The zero-order valence-corrected chi connectivity index (χ0v) is 19.3. The van der Waals surface area contributed by atoms with Gasteiger partial charge >= 0.3 is 0 Å². The molecule has 0 unspecified atom stereocenters. The second-order valence-corrected chi connectivity index (χ2v) is 9.02. The summed E-state index contributed by atoms with van der Waals surface area (Å²) < 4.78 is 0. The van der Waals surface area contributed by atoms with Crippen molar-refractivity contribution in [3.63, 3.8) is 0 Å². The Bertz CT molecular complexity index is 1180. The molecule has 3 nitrogen and oxygen atoms in total. The van der Waals surface area contributed by atoms with Crippen molar-refractivity contribution in [2.45, 2.75) is 46.1 Å². The van der Waals surface area contributed by atoms with Crippen LogP contribution in [-0.2, 0) is 6.54 Å². The molecular formula is C29H32N2O. The maximum Gasteiger partial charge on any atom is 0.251 e. The topological polar surface area (TPSA) is 41.1 Å². The first-order valence-electron chi connectivity index (χ1n) is 11.6. The van der Waals surface area contributed by atoms with Gasteiger partial charge in [0.25, 0.3) is 5.91 Å². The number of piperidine rings is 1. The van der Waals surface area contributed by atoms with Crippen LogP contribution in [0.3, 0.4) is 0 Å². The van der Waals surface area contributed by atoms with Gasteiger partial charge in [-0.2, -0.15) is 0 Å². The van der Waals surface area contributed by atoms with Crippen LogP contribution in [0, 0.1) is 24.7 Å². The van der Waals surface area contributed by atoms with Gasteiger partial charge in [0.05, 0.1) is 0 Å². The van der Waals surface area contributed by atoms with Gasteiger partial charge in [0, 0.05) is 23.6 Å². The van der Waals surface area contributed by atoms with E-state index < -0.39 is 0 Å². The zero-order chi connectivity index (χ0) is 22.5. The van der Waals surface area contributed by atoms with Crippen LogP contribution in [0.25, 0.3) is 10.8 Å². The van der Waals surface area contributed by atoms with Gasteiger partial charge in [0.15, 0.2) is 0 Å². The lowest BCUT2D eigenvalue weighted by Crippen LogP contribution is -2.27. The molecule has 1 saturated heterocycles. The van der Waals surface area contributed by atoms with Crippen LogP contribution in [0.5, 0.6) is 0 Å². The Kier molecular flexibility index (Phi) is 6.93. The van der Waals surface area contributed by atoms with Crippen molar-refractivity contribution in [2.24, 2.45) is 5.92 Å².